The van der Waals surface area contributed by atoms with Crippen LogP contribution < -0.4 is 14.8 Å². The summed E-state index contributed by atoms with van der Waals surface area (Å²) in [7, 11) is 8.93. The predicted octanol–water partition coefficient (Wildman–Crippen LogP) is 4.85. The first-order valence-electron chi connectivity index (χ1n) is 14.2. The van der Waals surface area contributed by atoms with Gasteiger partial charge in [-0.25, -0.2) is 4.98 Å². The summed E-state index contributed by atoms with van der Waals surface area (Å²) < 4.78 is 55.3. The Hall–Kier alpha value is -4.20. The molecule has 4 aromatic rings. The van der Waals surface area contributed by atoms with Gasteiger partial charge in [-0.2, -0.15) is 18.2 Å². The summed E-state index contributed by atoms with van der Waals surface area (Å²) in [4.78, 5) is 28.6. The van der Waals surface area contributed by atoms with E-state index in [0.717, 1.165) is 25.2 Å². The third kappa shape index (κ3) is 6.95. The number of fused-ring (bicyclic) bond motifs is 1. The molecule has 5 rings (SSSR count). The minimum Gasteiger partial charge on any atom is -0.494 e. The quantitative estimate of drug-likeness (QED) is 0.288. The molecule has 1 N–H and O–H groups in total. The molecule has 2 aromatic carbocycles. The highest BCUT2D eigenvalue weighted by molar-refractivity contribution is 6.07. The first kappa shape index (κ1) is 31.2. The van der Waals surface area contributed by atoms with Gasteiger partial charge in [0.15, 0.2) is 5.75 Å². The van der Waals surface area contributed by atoms with Crippen LogP contribution in [0.15, 0.2) is 48.7 Å². The Morgan fingerprint density at radius 3 is 2.50 bits per heavy atom. The molecule has 0 saturated carbocycles. The average molecular weight is 612 g/mol. The number of amides is 1. The number of halogens is 3. The van der Waals surface area contributed by atoms with E-state index in [2.05, 4.69) is 25.1 Å². The lowest BCUT2D eigenvalue weighted by atomic mass is 10.1. The van der Waals surface area contributed by atoms with Crippen LogP contribution in [0.1, 0.15) is 27.4 Å². The lowest BCUT2D eigenvalue weighted by Crippen LogP contribution is -2.43. The summed E-state index contributed by atoms with van der Waals surface area (Å²) in [5.74, 6) is 1.01. The number of ether oxygens (including phenoxy) is 2. The minimum atomic E-state index is -4.61. The molecule has 1 saturated heterocycles. The number of methoxy groups -OCH3 is 1. The Morgan fingerprint density at radius 1 is 1.07 bits per heavy atom. The first-order chi connectivity index (χ1) is 20.9. The van der Waals surface area contributed by atoms with Crippen molar-refractivity contribution in [2.24, 2.45) is 7.05 Å². The van der Waals surface area contributed by atoms with Crippen LogP contribution in [0.5, 0.6) is 17.4 Å². The SMILES string of the molecule is COc1c(CN2CCN(C)CC2)cc(C(F)(F)F)cc1NC(=O)c1cc2cccc(Oc3ccnc(CN(C)C)n3)c2n1C. The fourth-order valence-electron chi connectivity index (χ4n) is 5.33. The van der Waals surface area contributed by atoms with E-state index in [9.17, 15) is 18.0 Å². The average Bonchev–Trinajstić information content (AvgIpc) is 3.31. The largest absolute Gasteiger partial charge is 0.494 e. The van der Waals surface area contributed by atoms with Crippen molar-refractivity contribution in [2.75, 3.05) is 59.7 Å². The molecule has 2 aromatic heterocycles. The van der Waals surface area contributed by atoms with Gasteiger partial charge in [-0.1, -0.05) is 12.1 Å². The van der Waals surface area contributed by atoms with Crippen LogP contribution in [0.4, 0.5) is 18.9 Å². The van der Waals surface area contributed by atoms with E-state index in [-0.39, 0.29) is 23.7 Å². The molecular formula is C31H36F3N7O3. The molecule has 0 aliphatic carbocycles. The first-order valence-corrected chi connectivity index (χ1v) is 14.2. The molecule has 0 atom stereocenters. The maximum absolute atomic E-state index is 14.0. The number of hydrogen-bond acceptors (Lipinski definition) is 8. The molecule has 1 aliphatic heterocycles. The number of carbonyl (C=O) groups is 1. The summed E-state index contributed by atoms with van der Waals surface area (Å²) in [5.41, 5.74) is 0.300. The maximum Gasteiger partial charge on any atom is 0.416 e. The number of alkyl halides is 3. The fourth-order valence-corrected chi connectivity index (χ4v) is 5.33. The molecule has 234 valence electrons. The lowest BCUT2D eigenvalue weighted by molar-refractivity contribution is -0.137. The highest BCUT2D eigenvalue weighted by atomic mass is 19.4. The smallest absolute Gasteiger partial charge is 0.416 e. The second-order valence-electron chi connectivity index (χ2n) is 11.2. The molecule has 1 fully saturated rings. The summed E-state index contributed by atoms with van der Waals surface area (Å²) in [5, 5.41) is 3.41. The topological polar surface area (TPSA) is 88.0 Å². The number of para-hydroxylation sites is 1. The van der Waals surface area contributed by atoms with Crippen LogP contribution in [0.2, 0.25) is 0 Å². The lowest BCUT2D eigenvalue weighted by Gasteiger charge is -2.33. The number of hydrogen-bond donors (Lipinski definition) is 1. The number of nitrogens with one attached hydrogen (secondary N) is 1. The summed E-state index contributed by atoms with van der Waals surface area (Å²) in [6.45, 7) is 3.84. The third-order valence-corrected chi connectivity index (χ3v) is 7.54. The predicted molar refractivity (Wildman–Crippen MR) is 161 cm³/mol. The zero-order valence-electron chi connectivity index (χ0n) is 25.4. The summed E-state index contributed by atoms with van der Waals surface area (Å²) in [6, 6.07) is 10.7. The third-order valence-electron chi connectivity index (χ3n) is 7.54. The van der Waals surface area contributed by atoms with E-state index in [1.54, 1.807) is 42.1 Å². The highest BCUT2D eigenvalue weighted by Gasteiger charge is 2.33. The van der Waals surface area contributed by atoms with Crippen LogP contribution in [0, 0.1) is 0 Å². The molecule has 3 heterocycles. The molecule has 1 aliphatic rings. The Labute approximate surface area is 254 Å². The molecular weight excluding hydrogens is 575 g/mol. The highest BCUT2D eigenvalue weighted by Crippen LogP contribution is 2.39. The van der Waals surface area contributed by atoms with E-state index < -0.39 is 17.6 Å². The van der Waals surface area contributed by atoms with Gasteiger partial charge >= 0.3 is 6.18 Å². The van der Waals surface area contributed by atoms with Gasteiger partial charge in [0.25, 0.3) is 5.91 Å². The summed E-state index contributed by atoms with van der Waals surface area (Å²) in [6.07, 6.45) is -2.99. The maximum atomic E-state index is 14.0. The molecule has 0 bridgehead atoms. The van der Waals surface area contributed by atoms with Gasteiger partial charge in [0.2, 0.25) is 5.88 Å². The number of piperazine rings is 1. The van der Waals surface area contributed by atoms with Crippen LogP contribution in [0.3, 0.4) is 0 Å². The van der Waals surface area contributed by atoms with E-state index >= 15 is 0 Å². The zero-order chi connectivity index (χ0) is 31.6. The van der Waals surface area contributed by atoms with Gasteiger partial charge in [0.05, 0.1) is 30.4 Å². The van der Waals surface area contributed by atoms with E-state index in [4.69, 9.17) is 9.47 Å². The number of nitrogens with zero attached hydrogens (tertiary/aromatic N) is 6. The standard InChI is InChI=1S/C31H36F3N7O3/c1-38(2)19-26-35-10-9-27(37-26)44-25-8-6-7-20-16-24(40(4)28(20)25)30(42)36-23-17-22(31(32,33)34)15-21(29(23)43-5)18-41-13-11-39(3)12-14-41/h6-10,15-17H,11-14,18-19H2,1-5H3,(H,36,42). The van der Waals surface area contributed by atoms with Crippen molar-refractivity contribution in [3.05, 3.63) is 71.3 Å². The van der Waals surface area contributed by atoms with E-state index in [1.165, 1.54) is 7.11 Å². The molecule has 0 unspecified atom stereocenters. The van der Waals surface area contributed by atoms with Crippen molar-refractivity contribution in [1.29, 1.82) is 0 Å². The van der Waals surface area contributed by atoms with Crippen LogP contribution in [-0.2, 0) is 26.3 Å². The molecule has 44 heavy (non-hydrogen) atoms. The van der Waals surface area contributed by atoms with Gasteiger partial charge in [0.1, 0.15) is 17.3 Å². The van der Waals surface area contributed by atoms with E-state index in [0.29, 0.717) is 53.6 Å². The van der Waals surface area contributed by atoms with E-state index in [1.807, 2.05) is 32.1 Å². The number of aryl methyl sites for hydroxylation is 1. The number of carbonyl (C=O) groups excluding carboxylic acids is 1. The zero-order valence-corrected chi connectivity index (χ0v) is 25.4. The van der Waals surface area contributed by atoms with Gasteiger partial charge < -0.3 is 29.2 Å². The van der Waals surface area contributed by atoms with Crippen LogP contribution >= 0.6 is 0 Å². The second-order valence-corrected chi connectivity index (χ2v) is 11.2. The Balaban J connectivity index is 1.46. The van der Waals surface area contributed by atoms with Crippen LogP contribution in [-0.4, -0.2) is 89.6 Å². The normalized spacial score (nSPS) is 14.8. The van der Waals surface area contributed by atoms with Gasteiger partial charge in [-0.05, 0) is 45.4 Å². The van der Waals surface area contributed by atoms with Crippen LogP contribution in [0.25, 0.3) is 10.9 Å². The monoisotopic (exact) mass is 611 g/mol. The summed E-state index contributed by atoms with van der Waals surface area (Å²) >= 11 is 0. The Kier molecular flexibility index (Phi) is 9.09. The van der Waals surface area contributed by atoms with Gasteiger partial charge in [-0.3, -0.25) is 9.69 Å². The molecule has 13 heteroatoms. The molecule has 0 spiro atoms. The van der Waals surface area contributed by atoms with Crippen molar-refractivity contribution in [2.45, 2.75) is 19.3 Å². The number of rotatable bonds is 9. The number of aromatic nitrogens is 3. The van der Waals surface area contributed by atoms with Crippen molar-refractivity contribution in [3.8, 4) is 17.4 Å². The number of likely N-dealkylation sites (N-methyl/N-ethyl adjacent to an activating group) is 1. The second kappa shape index (κ2) is 12.8. The van der Waals surface area contributed by atoms with Gasteiger partial charge in [0, 0.05) is 63.0 Å². The number of anilines is 1. The molecule has 0 radical (unpaired) electrons. The minimum absolute atomic E-state index is 0.0485. The van der Waals surface area contributed by atoms with Crippen molar-refractivity contribution in [1.82, 2.24) is 29.2 Å². The number of benzene rings is 2. The Bertz CT molecular complexity index is 1650. The molecule has 1 amide bonds. The molecule has 10 nitrogen and oxygen atoms in total. The van der Waals surface area contributed by atoms with Crippen molar-refractivity contribution >= 4 is 22.5 Å². The Morgan fingerprint density at radius 2 is 1.82 bits per heavy atom. The van der Waals surface area contributed by atoms with Gasteiger partial charge in [-0.15, -0.1) is 0 Å². The fraction of sp³-hybridized carbons (Fsp3) is 0.387. The van der Waals surface area contributed by atoms with Crippen molar-refractivity contribution < 1.29 is 27.4 Å². The van der Waals surface area contributed by atoms with Crippen molar-refractivity contribution in [3.63, 3.8) is 0 Å².